The molecule has 19 heavy (non-hydrogen) atoms. The highest BCUT2D eigenvalue weighted by Gasteiger charge is 2.16. The van der Waals surface area contributed by atoms with Crippen molar-refractivity contribution in [2.24, 2.45) is 0 Å². The van der Waals surface area contributed by atoms with E-state index in [0.29, 0.717) is 0 Å². The molecule has 0 saturated heterocycles. The third kappa shape index (κ3) is 4.85. The summed E-state index contributed by atoms with van der Waals surface area (Å²) in [5, 5.41) is 2.78. The summed E-state index contributed by atoms with van der Waals surface area (Å²) in [6.07, 6.45) is 6.84. The number of halogens is 1. The van der Waals surface area contributed by atoms with Crippen LogP contribution in [0, 0.1) is 5.82 Å². The quantitative estimate of drug-likeness (QED) is 0.746. The molecule has 0 spiro atoms. The van der Waals surface area contributed by atoms with E-state index < -0.39 is 11.7 Å². The number of carbonyl (C=O) groups is 1. The molecule has 1 heterocycles. The van der Waals surface area contributed by atoms with E-state index in [9.17, 15) is 9.18 Å². The van der Waals surface area contributed by atoms with Crippen LogP contribution in [-0.2, 0) is 0 Å². The Kier molecular flexibility index (Phi) is 6.25. The van der Waals surface area contributed by atoms with Gasteiger partial charge in [0.1, 0.15) is 0 Å². The van der Waals surface area contributed by atoms with Crippen LogP contribution in [0.2, 0.25) is 0 Å². The number of nitrogen functional groups attached to an aromatic ring is 1. The van der Waals surface area contributed by atoms with Gasteiger partial charge in [-0.15, -0.1) is 0 Å². The topological polar surface area (TPSA) is 68.0 Å². The first-order valence-electron chi connectivity index (χ1n) is 6.77. The SMILES string of the molecule is CCCCCCC(C)NC(=O)c1ccnc(N)c1F. The maximum absolute atomic E-state index is 13.6. The third-order valence-corrected chi connectivity index (χ3v) is 3.03. The lowest BCUT2D eigenvalue weighted by atomic mass is 10.1. The first-order chi connectivity index (χ1) is 9.06. The van der Waals surface area contributed by atoms with Crippen molar-refractivity contribution in [2.75, 3.05) is 5.73 Å². The van der Waals surface area contributed by atoms with E-state index >= 15 is 0 Å². The molecule has 3 N–H and O–H groups in total. The second-order valence-electron chi connectivity index (χ2n) is 4.78. The van der Waals surface area contributed by atoms with E-state index in [-0.39, 0.29) is 17.4 Å². The molecule has 0 fully saturated rings. The van der Waals surface area contributed by atoms with Gasteiger partial charge in [0.15, 0.2) is 11.6 Å². The largest absolute Gasteiger partial charge is 0.381 e. The summed E-state index contributed by atoms with van der Waals surface area (Å²) in [6, 6.07) is 1.36. The Morgan fingerprint density at radius 2 is 2.21 bits per heavy atom. The second kappa shape index (κ2) is 7.71. The van der Waals surface area contributed by atoms with Crippen LogP contribution in [0.25, 0.3) is 0 Å². The van der Waals surface area contributed by atoms with Crippen molar-refractivity contribution in [3.63, 3.8) is 0 Å². The molecule has 1 rings (SSSR count). The van der Waals surface area contributed by atoms with Crippen LogP contribution in [0.1, 0.15) is 56.3 Å². The van der Waals surface area contributed by atoms with E-state index in [1.54, 1.807) is 0 Å². The highest BCUT2D eigenvalue weighted by molar-refractivity contribution is 5.95. The van der Waals surface area contributed by atoms with E-state index in [1.807, 2.05) is 6.92 Å². The highest BCUT2D eigenvalue weighted by Crippen LogP contribution is 2.12. The molecule has 0 aliphatic carbocycles. The maximum atomic E-state index is 13.6. The average molecular weight is 267 g/mol. The Labute approximate surface area is 113 Å². The first-order valence-corrected chi connectivity index (χ1v) is 6.77. The van der Waals surface area contributed by atoms with Gasteiger partial charge in [0, 0.05) is 12.2 Å². The lowest BCUT2D eigenvalue weighted by molar-refractivity contribution is 0.0933. The summed E-state index contributed by atoms with van der Waals surface area (Å²) in [5.41, 5.74) is 5.29. The smallest absolute Gasteiger partial charge is 0.254 e. The van der Waals surface area contributed by atoms with Gasteiger partial charge in [-0.2, -0.15) is 0 Å². The van der Waals surface area contributed by atoms with Crippen LogP contribution in [0.15, 0.2) is 12.3 Å². The summed E-state index contributed by atoms with van der Waals surface area (Å²) in [7, 11) is 0. The van der Waals surface area contributed by atoms with E-state index in [0.717, 1.165) is 19.3 Å². The Morgan fingerprint density at radius 1 is 1.47 bits per heavy atom. The molecular weight excluding hydrogens is 245 g/mol. The number of hydrogen-bond acceptors (Lipinski definition) is 3. The van der Waals surface area contributed by atoms with E-state index in [1.165, 1.54) is 25.1 Å². The summed E-state index contributed by atoms with van der Waals surface area (Å²) in [6.45, 7) is 4.08. The number of aromatic nitrogens is 1. The van der Waals surface area contributed by atoms with Crippen molar-refractivity contribution < 1.29 is 9.18 Å². The van der Waals surface area contributed by atoms with Crippen molar-refractivity contribution in [3.8, 4) is 0 Å². The highest BCUT2D eigenvalue weighted by atomic mass is 19.1. The molecule has 1 amide bonds. The van der Waals surface area contributed by atoms with Gasteiger partial charge < -0.3 is 11.1 Å². The molecule has 5 heteroatoms. The minimum absolute atomic E-state index is 0.0261. The van der Waals surface area contributed by atoms with Crippen LogP contribution in [0.3, 0.4) is 0 Å². The monoisotopic (exact) mass is 267 g/mol. The van der Waals surface area contributed by atoms with E-state index in [2.05, 4.69) is 17.2 Å². The molecule has 0 bridgehead atoms. The molecule has 106 valence electrons. The third-order valence-electron chi connectivity index (χ3n) is 3.03. The van der Waals surface area contributed by atoms with Gasteiger partial charge in [-0.1, -0.05) is 32.6 Å². The zero-order valence-corrected chi connectivity index (χ0v) is 11.6. The Hall–Kier alpha value is -1.65. The number of pyridine rings is 1. The van der Waals surface area contributed by atoms with Gasteiger partial charge >= 0.3 is 0 Å². The molecule has 0 aliphatic rings. The number of amides is 1. The first kappa shape index (κ1) is 15.4. The number of unbranched alkanes of at least 4 members (excludes halogenated alkanes) is 3. The lowest BCUT2D eigenvalue weighted by Gasteiger charge is -2.14. The van der Waals surface area contributed by atoms with Crippen molar-refractivity contribution >= 4 is 11.7 Å². The fraction of sp³-hybridized carbons (Fsp3) is 0.571. The van der Waals surface area contributed by atoms with Crippen LogP contribution in [0.5, 0.6) is 0 Å². The molecule has 0 aromatic carbocycles. The van der Waals surface area contributed by atoms with Crippen LogP contribution >= 0.6 is 0 Å². The van der Waals surface area contributed by atoms with Crippen LogP contribution in [0.4, 0.5) is 10.2 Å². The van der Waals surface area contributed by atoms with Gasteiger partial charge in [0.25, 0.3) is 5.91 Å². The number of nitrogens with one attached hydrogen (secondary N) is 1. The summed E-state index contributed by atoms with van der Waals surface area (Å²) >= 11 is 0. The fourth-order valence-corrected chi connectivity index (χ4v) is 1.89. The summed E-state index contributed by atoms with van der Waals surface area (Å²) in [5.74, 6) is -1.43. The van der Waals surface area contributed by atoms with Crippen LogP contribution < -0.4 is 11.1 Å². The predicted molar refractivity (Wildman–Crippen MR) is 74.3 cm³/mol. The lowest BCUT2D eigenvalue weighted by Crippen LogP contribution is -2.33. The van der Waals surface area contributed by atoms with Crippen molar-refractivity contribution in [1.29, 1.82) is 0 Å². The number of rotatable bonds is 7. The Morgan fingerprint density at radius 3 is 2.89 bits per heavy atom. The predicted octanol–water partition coefficient (Wildman–Crippen LogP) is 2.89. The Balaban J connectivity index is 2.48. The average Bonchev–Trinajstić information content (AvgIpc) is 2.38. The molecular formula is C14H22FN3O. The molecule has 0 radical (unpaired) electrons. The fourth-order valence-electron chi connectivity index (χ4n) is 1.89. The number of carbonyl (C=O) groups excluding carboxylic acids is 1. The number of hydrogen-bond donors (Lipinski definition) is 2. The van der Waals surface area contributed by atoms with Gasteiger partial charge in [-0.25, -0.2) is 9.37 Å². The molecule has 1 atom stereocenters. The van der Waals surface area contributed by atoms with Gasteiger partial charge in [0.2, 0.25) is 0 Å². The van der Waals surface area contributed by atoms with E-state index in [4.69, 9.17) is 5.73 Å². The number of nitrogens with two attached hydrogens (primary N) is 1. The summed E-state index contributed by atoms with van der Waals surface area (Å²) in [4.78, 5) is 15.5. The zero-order valence-electron chi connectivity index (χ0n) is 11.6. The van der Waals surface area contributed by atoms with Crippen LogP contribution in [-0.4, -0.2) is 16.9 Å². The van der Waals surface area contributed by atoms with Gasteiger partial charge in [-0.3, -0.25) is 4.79 Å². The standard InChI is InChI=1S/C14H22FN3O/c1-3-4-5-6-7-10(2)18-14(19)11-8-9-17-13(16)12(11)15/h8-10H,3-7H2,1-2H3,(H2,16,17)(H,18,19). The number of anilines is 1. The Bertz CT molecular complexity index is 423. The molecule has 1 aromatic rings. The maximum Gasteiger partial charge on any atom is 0.254 e. The minimum atomic E-state index is -0.752. The summed E-state index contributed by atoms with van der Waals surface area (Å²) < 4.78 is 13.6. The minimum Gasteiger partial charge on any atom is -0.381 e. The molecule has 1 aromatic heterocycles. The molecule has 0 saturated carbocycles. The molecule has 4 nitrogen and oxygen atoms in total. The van der Waals surface area contributed by atoms with Gasteiger partial charge in [0.05, 0.1) is 5.56 Å². The second-order valence-corrected chi connectivity index (χ2v) is 4.78. The van der Waals surface area contributed by atoms with Gasteiger partial charge in [-0.05, 0) is 19.4 Å². The number of nitrogens with zero attached hydrogens (tertiary/aromatic N) is 1. The normalized spacial score (nSPS) is 12.2. The van der Waals surface area contributed by atoms with Crippen molar-refractivity contribution in [2.45, 2.75) is 52.0 Å². The molecule has 0 aliphatic heterocycles. The van der Waals surface area contributed by atoms with Crippen molar-refractivity contribution in [1.82, 2.24) is 10.3 Å². The van der Waals surface area contributed by atoms with Crippen molar-refractivity contribution in [3.05, 3.63) is 23.6 Å². The zero-order chi connectivity index (χ0) is 14.3. The molecule has 1 unspecified atom stereocenters.